The van der Waals surface area contributed by atoms with Gasteiger partial charge < -0.3 is 10.6 Å². The van der Waals surface area contributed by atoms with Crippen molar-refractivity contribution in [2.75, 3.05) is 11.9 Å². The van der Waals surface area contributed by atoms with Gasteiger partial charge in [0.05, 0.1) is 12.4 Å². The Morgan fingerprint density at radius 2 is 1.88 bits per heavy atom. The monoisotopic (exact) mass is 342 g/mol. The highest BCUT2D eigenvalue weighted by atomic mass is 16.1. The van der Waals surface area contributed by atoms with E-state index < -0.39 is 0 Å². The molecule has 0 aromatic carbocycles. The second-order valence-corrected chi connectivity index (χ2v) is 7.23. The molecule has 1 aromatic heterocycles. The van der Waals surface area contributed by atoms with E-state index >= 15 is 0 Å². The van der Waals surface area contributed by atoms with E-state index in [1.165, 1.54) is 51.4 Å². The maximum Gasteiger partial charge on any atom is 0.271 e. The number of amides is 1. The van der Waals surface area contributed by atoms with Gasteiger partial charge in [-0.25, -0.2) is 9.97 Å². The van der Waals surface area contributed by atoms with E-state index in [2.05, 4.69) is 26.7 Å². The highest BCUT2D eigenvalue weighted by Gasteiger charge is 2.16. The van der Waals surface area contributed by atoms with Crippen LogP contribution in [-0.4, -0.2) is 28.5 Å². The van der Waals surface area contributed by atoms with Crippen molar-refractivity contribution in [1.82, 2.24) is 15.3 Å². The third-order valence-electron chi connectivity index (χ3n) is 5.21. The maximum atomic E-state index is 12.3. The van der Waals surface area contributed by atoms with E-state index in [0.29, 0.717) is 11.7 Å². The summed E-state index contributed by atoms with van der Waals surface area (Å²) >= 11 is 0. The lowest BCUT2D eigenvalue weighted by atomic mass is 9.97. The van der Waals surface area contributed by atoms with Crippen LogP contribution < -0.4 is 10.6 Å². The number of rotatable bonds is 6. The fourth-order valence-electron chi connectivity index (χ4n) is 3.70. The summed E-state index contributed by atoms with van der Waals surface area (Å²) < 4.78 is 0. The molecular weight excluding hydrogens is 312 g/mol. The van der Waals surface area contributed by atoms with E-state index in [1.807, 2.05) is 0 Å². The second-order valence-electron chi connectivity index (χ2n) is 7.23. The predicted molar refractivity (Wildman–Crippen MR) is 101 cm³/mol. The van der Waals surface area contributed by atoms with Crippen molar-refractivity contribution in [3.8, 4) is 0 Å². The van der Waals surface area contributed by atoms with E-state index in [0.717, 1.165) is 31.6 Å². The molecule has 0 saturated heterocycles. The molecule has 0 bridgehead atoms. The van der Waals surface area contributed by atoms with Crippen LogP contribution in [0.25, 0.3) is 0 Å². The fourth-order valence-corrected chi connectivity index (χ4v) is 3.70. The van der Waals surface area contributed by atoms with Gasteiger partial charge in [-0.15, -0.1) is 0 Å². The lowest BCUT2D eigenvalue weighted by Gasteiger charge is -2.16. The first-order valence-corrected chi connectivity index (χ1v) is 9.86. The van der Waals surface area contributed by atoms with Gasteiger partial charge in [0.1, 0.15) is 11.5 Å². The summed E-state index contributed by atoms with van der Waals surface area (Å²) in [6, 6.07) is 0.290. The van der Waals surface area contributed by atoms with Crippen molar-refractivity contribution >= 4 is 11.7 Å². The van der Waals surface area contributed by atoms with Gasteiger partial charge >= 0.3 is 0 Å². The summed E-state index contributed by atoms with van der Waals surface area (Å²) in [7, 11) is 0. The minimum atomic E-state index is -0.0988. The second kappa shape index (κ2) is 9.54. The Labute approximate surface area is 150 Å². The van der Waals surface area contributed by atoms with Gasteiger partial charge in [0.15, 0.2) is 0 Å². The average Bonchev–Trinajstić information content (AvgIpc) is 2.92. The van der Waals surface area contributed by atoms with Crippen molar-refractivity contribution in [3.05, 3.63) is 29.7 Å². The topological polar surface area (TPSA) is 66.9 Å². The number of nitrogens with one attached hydrogen (secondary N) is 2. The van der Waals surface area contributed by atoms with E-state index in [1.54, 1.807) is 18.0 Å². The Hall–Kier alpha value is -1.91. The predicted octanol–water partition coefficient (Wildman–Crippen LogP) is 4.23. The molecule has 5 heteroatoms. The normalized spacial score (nSPS) is 19.0. The molecule has 0 unspecified atom stereocenters. The standard InChI is InChI=1S/C20H30N4O/c25-20(24-17-10-6-1-2-7-11-17)18-14-23-19(15-22-18)21-13-12-16-8-4-3-5-9-16/h8,14-15,17H,1-7,9-13H2,(H,21,23)(H,24,25). The van der Waals surface area contributed by atoms with E-state index in [9.17, 15) is 4.79 Å². The first kappa shape index (κ1) is 17.9. The van der Waals surface area contributed by atoms with Crippen LogP contribution in [0, 0.1) is 0 Å². The molecule has 0 atom stereocenters. The highest BCUT2D eigenvalue weighted by molar-refractivity contribution is 5.92. The van der Waals surface area contributed by atoms with Crippen molar-refractivity contribution in [2.24, 2.45) is 0 Å². The summed E-state index contributed by atoms with van der Waals surface area (Å²) in [4.78, 5) is 20.9. The summed E-state index contributed by atoms with van der Waals surface area (Å²) in [5, 5.41) is 6.41. The minimum Gasteiger partial charge on any atom is -0.368 e. The molecule has 1 fully saturated rings. The molecule has 1 saturated carbocycles. The molecule has 0 aliphatic heterocycles. The van der Waals surface area contributed by atoms with Crippen LogP contribution in [0.3, 0.4) is 0 Å². The Kier molecular flexibility index (Phi) is 6.83. The molecule has 136 valence electrons. The molecule has 2 aliphatic carbocycles. The molecule has 2 aliphatic rings. The van der Waals surface area contributed by atoms with Crippen molar-refractivity contribution in [2.45, 2.75) is 76.7 Å². The third kappa shape index (κ3) is 5.83. The van der Waals surface area contributed by atoms with Crippen LogP contribution >= 0.6 is 0 Å². The van der Waals surface area contributed by atoms with Gasteiger partial charge in [-0.05, 0) is 44.9 Å². The molecule has 0 spiro atoms. The zero-order valence-corrected chi connectivity index (χ0v) is 15.1. The SMILES string of the molecule is O=C(NC1CCCCCC1)c1cnc(NCCC2=CCCCC2)cn1. The smallest absolute Gasteiger partial charge is 0.271 e. The fraction of sp³-hybridized carbons (Fsp3) is 0.650. The molecule has 1 aromatic rings. The number of hydrogen-bond donors (Lipinski definition) is 2. The lowest BCUT2D eigenvalue weighted by Crippen LogP contribution is -2.34. The summed E-state index contributed by atoms with van der Waals surface area (Å²) in [6.45, 7) is 0.869. The Morgan fingerprint density at radius 3 is 2.56 bits per heavy atom. The number of carbonyl (C=O) groups excluding carboxylic acids is 1. The van der Waals surface area contributed by atoms with Crippen LogP contribution in [0.5, 0.6) is 0 Å². The van der Waals surface area contributed by atoms with Gasteiger partial charge in [0.25, 0.3) is 5.91 Å². The molecule has 5 nitrogen and oxygen atoms in total. The number of hydrogen-bond acceptors (Lipinski definition) is 4. The zero-order valence-electron chi connectivity index (χ0n) is 15.1. The molecule has 1 amide bonds. The first-order valence-electron chi connectivity index (χ1n) is 9.86. The number of anilines is 1. The quantitative estimate of drug-likeness (QED) is 0.600. The maximum absolute atomic E-state index is 12.3. The van der Waals surface area contributed by atoms with Crippen molar-refractivity contribution in [1.29, 1.82) is 0 Å². The lowest BCUT2D eigenvalue weighted by molar-refractivity contribution is 0.0928. The van der Waals surface area contributed by atoms with Gasteiger partial charge in [-0.3, -0.25) is 4.79 Å². The largest absolute Gasteiger partial charge is 0.368 e. The van der Waals surface area contributed by atoms with Crippen LogP contribution in [0.4, 0.5) is 5.82 Å². The van der Waals surface area contributed by atoms with Gasteiger partial charge in [0, 0.05) is 12.6 Å². The molecule has 25 heavy (non-hydrogen) atoms. The molecule has 0 radical (unpaired) electrons. The molecular formula is C20H30N4O. The summed E-state index contributed by atoms with van der Waals surface area (Å²) in [6.07, 6.45) is 18.9. The zero-order chi connectivity index (χ0) is 17.3. The number of nitrogens with zero attached hydrogens (tertiary/aromatic N) is 2. The van der Waals surface area contributed by atoms with Gasteiger partial charge in [-0.2, -0.15) is 0 Å². The van der Waals surface area contributed by atoms with Gasteiger partial charge in [-0.1, -0.05) is 37.3 Å². The van der Waals surface area contributed by atoms with E-state index in [4.69, 9.17) is 0 Å². The first-order chi connectivity index (χ1) is 12.3. The summed E-state index contributed by atoms with van der Waals surface area (Å²) in [5.41, 5.74) is 1.95. The molecule has 3 rings (SSSR count). The average molecular weight is 342 g/mol. The molecule has 2 N–H and O–H groups in total. The van der Waals surface area contributed by atoms with E-state index in [-0.39, 0.29) is 5.91 Å². The van der Waals surface area contributed by atoms with Crippen LogP contribution in [0.15, 0.2) is 24.0 Å². The number of allylic oxidation sites excluding steroid dienone is 1. The number of carbonyl (C=O) groups is 1. The highest BCUT2D eigenvalue weighted by Crippen LogP contribution is 2.20. The van der Waals surface area contributed by atoms with Crippen molar-refractivity contribution in [3.63, 3.8) is 0 Å². The van der Waals surface area contributed by atoms with Crippen LogP contribution in [0.2, 0.25) is 0 Å². The number of aromatic nitrogens is 2. The van der Waals surface area contributed by atoms with Crippen LogP contribution in [0.1, 0.15) is 81.1 Å². The Bertz CT molecular complexity index is 574. The Morgan fingerprint density at radius 1 is 1.04 bits per heavy atom. The van der Waals surface area contributed by atoms with Gasteiger partial charge in [0.2, 0.25) is 0 Å². The van der Waals surface area contributed by atoms with Crippen molar-refractivity contribution < 1.29 is 4.79 Å². The van der Waals surface area contributed by atoms with Crippen LogP contribution in [-0.2, 0) is 0 Å². The summed E-state index contributed by atoms with van der Waals surface area (Å²) in [5.74, 6) is 0.640. The molecule has 1 heterocycles. The minimum absolute atomic E-state index is 0.0988. The Balaban J connectivity index is 1.44. The third-order valence-corrected chi connectivity index (χ3v) is 5.21.